The third-order valence-corrected chi connectivity index (χ3v) is 5.19. The molecule has 0 spiro atoms. The Bertz CT molecular complexity index is 258. The third kappa shape index (κ3) is 2.35. The Hall–Kier alpha value is -0.410. The maximum absolute atomic E-state index is 12.9. The summed E-state index contributed by atoms with van der Waals surface area (Å²) >= 11 is 0. The number of aliphatic hydroxyl groups excluding tert-OH is 2. The molecule has 0 radical (unpaired) electrons. The summed E-state index contributed by atoms with van der Waals surface area (Å²) in [6.45, 7) is -0.0683. The van der Waals surface area contributed by atoms with Crippen LogP contribution in [0.2, 0.25) is 0 Å². The van der Waals surface area contributed by atoms with Crippen LogP contribution in [0.5, 0.6) is 0 Å². The van der Waals surface area contributed by atoms with Gasteiger partial charge in [0.2, 0.25) is 0 Å². The molecule has 0 saturated heterocycles. The van der Waals surface area contributed by atoms with E-state index >= 15 is 0 Å². The lowest BCUT2D eigenvalue weighted by Crippen LogP contribution is -2.49. The number of aliphatic hydroxyl groups is 2. The molecule has 3 nitrogen and oxygen atoms in total. The first-order valence-corrected chi connectivity index (χ1v) is 7.46. The fourth-order valence-corrected chi connectivity index (χ4v) is 3.93. The van der Waals surface area contributed by atoms with Gasteiger partial charge in [-0.3, -0.25) is 4.79 Å². The average Bonchev–Trinajstić information content (AvgIpc) is 2.48. The Kier molecular flexibility index (Phi) is 4.44. The molecule has 0 bridgehead atoms. The molecule has 0 heterocycles. The molecule has 104 valence electrons. The summed E-state index contributed by atoms with van der Waals surface area (Å²) in [6, 6.07) is 0. The third-order valence-electron chi connectivity index (χ3n) is 5.19. The number of hydrogen-bond acceptors (Lipinski definition) is 3. The van der Waals surface area contributed by atoms with E-state index in [-0.39, 0.29) is 19.0 Å². The lowest BCUT2D eigenvalue weighted by molar-refractivity contribution is -0.149. The molecule has 2 fully saturated rings. The predicted octanol–water partition coefficient (Wildman–Crippen LogP) is 2.44. The first-order valence-electron chi connectivity index (χ1n) is 7.46. The van der Waals surface area contributed by atoms with Crippen molar-refractivity contribution in [3.8, 4) is 0 Å². The molecular formula is C15H26O3. The van der Waals surface area contributed by atoms with Crippen LogP contribution < -0.4 is 0 Å². The van der Waals surface area contributed by atoms with Gasteiger partial charge < -0.3 is 10.2 Å². The molecule has 0 unspecified atom stereocenters. The van der Waals surface area contributed by atoms with Crippen LogP contribution in [0.15, 0.2) is 0 Å². The largest absolute Gasteiger partial charge is 0.395 e. The Balaban J connectivity index is 2.20. The Morgan fingerprint density at radius 3 is 1.33 bits per heavy atom. The lowest BCUT2D eigenvalue weighted by atomic mass is 9.60. The fourth-order valence-electron chi connectivity index (χ4n) is 3.93. The summed E-state index contributed by atoms with van der Waals surface area (Å²) in [7, 11) is 0. The van der Waals surface area contributed by atoms with Crippen molar-refractivity contribution in [2.45, 2.75) is 64.2 Å². The second kappa shape index (κ2) is 5.70. The molecule has 0 amide bonds. The normalized spacial score (nSPS) is 26.8. The van der Waals surface area contributed by atoms with Crippen LogP contribution in [0, 0.1) is 10.8 Å². The van der Waals surface area contributed by atoms with Gasteiger partial charge >= 0.3 is 0 Å². The Labute approximate surface area is 110 Å². The minimum atomic E-state index is -0.543. The summed E-state index contributed by atoms with van der Waals surface area (Å²) in [5.74, 6) is 0.166. The zero-order valence-corrected chi connectivity index (χ0v) is 11.3. The van der Waals surface area contributed by atoms with Gasteiger partial charge in [-0.05, 0) is 25.7 Å². The van der Waals surface area contributed by atoms with Gasteiger partial charge in [0.1, 0.15) is 5.78 Å². The molecule has 18 heavy (non-hydrogen) atoms. The summed E-state index contributed by atoms with van der Waals surface area (Å²) in [4.78, 5) is 12.9. The number of Topliss-reactive ketones (excluding diaryl/α,β-unsaturated/α-hetero) is 1. The average molecular weight is 254 g/mol. The van der Waals surface area contributed by atoms with Gasteiger partial charge in [0.15, 0.2) is 0 Å². The lowest BCUT2D eigenvalue weighted by Gasteiger charge is -2.44. The summed E-state index contributed by atoms with van der Waals surface area (Å²) in [6.07, 6.45) is 9.72. The minimum absolute atomic E-state index is 0.0341. The molecule has 0 aliphatic heterocycles. The van der Waals surface area contributed by atoms with E-state index < -0.39 is 10.8 Å². The van der Waals surface area contributed by atoms with Crippen molar-refractivity contribution < 1.29 is 15.0 Å². The molecule has 2 aliphatic rings. The van der Waals surface area contributed by atoms with Crippen molar-refractivity contribution in [3.63, 3.8) is 0 Å². The highest BCUT2D eigenvalue weighted by molar-refractivity contribution is 5.90. The van der Waals surface area contributed by atoms with Crippen LogP contribution in [-0.2, 0) is 4.79 Å². The predicted molar refractivity (Wildman–Crippen MR) is 70.2 cm³/mol. The van der Waals surface area contributed by atoms with Crippen LogP contribution in [0.3, 0.4) is 0 Å². The van der Waals surface area contributed by atoms with Crippen molar-refractivity contribution in [1.29, 1.82) is 0 Å². The SMILES string of the molecule is O=C(C1(CO)CCCCC1)C1(CO)CCCCC1. The highest BCUT2D eigenvalue weighted by atomic mass is 16.3. The Morgan fingerprint density at radius 1 is 0.722 bits per heavy atom. The van der Waals surface area contributed by atoms with Gasteiger partial charge in [-0.2, -0.15) is 0 Å². The fraction of sp³-hybridized carbons (Fsp3) is 0.933. The molecule has 2 saturated carbocycles. The standard InChI is InChI=1S/C15H26O3/c16-11-14(7-3-1-4-8-14)13(18)15(12-17)9-5-2-6-10-15/h16-17H,1-12H2. The van der Waals surface area contributed by atoms with Crippen LogP contribution in [-0.4, -0.2) is 29.2 Å². The highest BCUT2D eigenvalue weighted by Crippen LogP contribution is 2.47. The zero-order valence-electron chi connectivity index (χ0n) is 11.3. The number of rotatable bonds is 4. The van der Waals surface area contributed by atoms with Gasteiger partial charge in [0.05, 0.1) is 24.0 Å². The molecule has 2 rings (SSSR count). The van der Waals surface area contributed by atoms with E-state index in [1.165, 1.54) is 12.8 Å². The van der Waals surface area contributed by atoms with E-state index in [1.54, 1.807) is 0 Å². The van der Waals surface area contributed by atoms with E-state index in [1.807, 2.05) is 0 Å². The van der Waals surface area contributed by atoms with E-state index in [9.17, 15) is 15.0 Å². The Morgan fingerprint density at radius 2 is 1.06 bits per heavy atom. The number of carbonyl (C=O) groups excluding carboxylic acids is 1. The maximum Gasteiger partial charge on any atom is 0.149 e. The summed E-state index contributed by atoms with van der Waals surface area (Å²) in [5, 5.41) is 19.5. The smallest absolute Gasteiger partial charge is 0.149 e. The number of ketones is 1. The molecule has 2 aliphatic carbocycles. The highest BCUT2D eigenvalue weighted by Gasteiger charge is 2.50. The second-order valence-electron chi connectivity index (χ2n) is 6.33. The van der Waals surface area contributed by atoms with Crippen molar-refractivity contribution in [2.75, 3.05) is 13.2 Å². The number of hydrogen-bond donors (Lipinski definition) is 2. The van der Waals surface area contributed by atoms with Crippen molar-refractivity contribution in [1.82, 2.24) is 0 Å². The van der Waals surface area contributed by atoms with E-state index in [0.717, 1.165) is 51.4 Å². The van der Waals surface area contributed by atoms with Gasteiger partial charge in [-0.1, -0.05) is 38.5 Å². The molecule has 3 heteroatoms. The summed E-state index contributed by atoms with van der Waals surface area (Å²) in [5.41, 5.74) is -1.09. The quantitative estimate of drug-likeness (QED) is 0.810. The van der Waals surface area contributed by atoms with Crippen LogP contribution in [0.1, 0.15) is 64.2 Å². The zero-order chi connectivity index (χ0) is 13.1. The van der Waals surface area contributed by atoms with Crippen LogP contribution >= 0.6 is 0 Å². The molecule has 2 N–H and O–H groups in total. The first-order chi connectivity index (χ1) is 8.69. The van der Waals surface area contributed by atoms with E-state index in [2.05, 4.69) is 0 Å². The van der Waals surface area contributed by atoms with Gasteiger partial charge in [0, 0.05) is 0 Å². The van der Waals surface area contributed by atoms with Crippen molar-refractivity contribution in [3.05, 3.63) is 0 Å². The molecule has 0 aromatic rings. The molecule has 0 aromatic heterocycles. The van der Waals surface area contributed by atoms with Gasteiger partial charge in [-0.25, -0.2) is 0 Å². The van der Waals surface area contributed by atoms with Crippen molar-refractivity contribution >= 4 is 5.78 Å². The minimum Gasteiger partial charge on any atom is -0.395 e. The van der Waals surface area contributed by atoms with Gasteiger partial charge in [0.25, 0.3) is 0 Å². The van der Waals surface area contributed by atoms with E-state index in [4.69, 9.17) is 0 Å². The monoisotopic (exact) mass is 254 g/mol. The topological polar surface area (TPSA) is 57.5 Å². The summed E-state index contributed by atoms with van der Waals surface area (Å²) < 4.78 is 0. The first kappa shape index (κ1) is 14.0. The molecular weight excluding hydrogens is 228 g/mol. The molecule has 0 atom stereocenters. The van der Waals surface area contributed by atoms with Crippen LogP contribution in [0.4, 0.5) is 0 Å². The van der Waals surface area contributed by atoms with Crippen LogP contribution in [0.25, 0.3) is 0 Å². The second-order valence-corrected chi connectivity index (χ2v) is 6.33. The maximum atomic E-state index is 12.9. The number of carbonyl (C=O) groups is 1. The molecule has 0 aromatic carbocycles. The van der Waals surface area contributed by atoms with E-state index in [0.29, 0.717) is 0 Å². The van der Waals surface area contributed by atoms with Gasteiger partial charge in [-0.15, -0.1) is 0 Å². The van der Waals surface area contributed by atoms with Crippen molar-refractivity contribution in [2.24, 2.45) is 10.8 Å².